The Kier molecular flexibility index (Phi) is 3.76. The SMILES string of the molecule is Cc1c(-c2nc3ccccc3n2C)cccc1-c1cc2ccccc2c[n+]1C. The number of rotatable bonds is 2. The summed E-state index contributed by atoms with van der Waals surface area (Å²) in [7, 11) is 4.20. The van der Waals surface area contributed by atoms with Crippen LogP contribution in [0.15, 0.2) is 79.0 Å². The highest BCUT2D eigenvalue weighted by Crippen LogP contribution is 2.32. The lowest BCUT2D eigenvalue weighted by molar-refractivity contribution is -0.659. The predicted octanol–water partition coefficient (Wildman–Crippen LogP) is 5.19. The number of aromatic nitrogens is 3. The molecule has 2 heterocycles. The van der Waals surface area contributed by atoms with Crippen LogP contribution in [0.25, 0.3) is 44.5 Å². The number of para-hydroxylation sites is 2. The summed E-state index contributed by atoms with van der Waals surface area (Å²) in [5.41, 5.74) is 7.03. The summed E-state index contributed by atoms with van der Waals surface area (Å²) in [4.78, 5) is 4.91. The number of imidazole rings is 1. The summed E-state index contributed by atoms with van der Waals surface area (Å²) in [6, 6.07) is 25.6. The van der Waals surface area contributed by atoms with Gasteiger partial charge < -0.3 is 4.57 Å². The number of nitrogens with zero attached hydrogens (tertiary/aromatic N) is 3. The van der Waals surface area contributed by atoms with Crippen LogP contribution < -0.4 is 4.57 Å². The lowest BCUT2D eigenvalue weighted by atomic mass is 9.97. The molecule has 0 atom stereocenters. The molecule has 5 rings (SSSR count). The van der Waals surface area contributed by atoms with Crippen LogP contribution in [-0.2, 0) is 14.1 Å². The van der Waals surface area contributed by atoms with Gasteiger partial charge in [-0.2, -0.15) is 0 Å². The fourth-order valence-electron chi connectivity index (χ4n) is 4.10. The molecule has 0 aliphatic heterocycles. The van der Waals surface area contributed by atoms with Crippen LogP contribution in [0.1, 0.15) is 5.56 Å². The molecule has 3 nitrogen and oxygen atoms in total. The Balaban J connectivity index is 1.73. The highest BCUT2D eigenvalue weighted by Gasteiger charge is 2.18. The number of hydrogen-bond acceptors (Lipinski definition) is 1. The zero-order chi connectivity index (χ0) is 19.3. The first-order valence-electron chi connectivity index (χ1n) is 9.54. The van der Waals surface area contributed by atoms with Crippen LogP contribution in [0.2, 0.25) is 0 Å². The molecule has 0 radical (unpaired) electrons. The van der Waals surface area contributed by atoms with Gasteiger partial charge in [0.15, 0.2) is 6.20 Å². The zero-order valence-corrected chi connectivity index (χ0v) is 16.3. The Labute approximate surface area is 164 Å². The van der Waals surface area contributed by atoms with Gasteiger partial charge in [-0.05, 0) is 42.1 Å². The lowest BCUT2D eigenvalue weighted by Gasteiger charge is -2.11. The lowest BCUT2D eigenvalue weighted by Crippen LogP contribution is -2.30. The maximum atomic E-state index is 4.91. The molecule has 3 heteroatoms. The molecule has 28 heavy (non-hydrogen) atoms. The Morgan fingerprint density at radius 1 is 0.821 bits per heavy atom. The maximum Gasteiger partial charge on any atom is 0.213 e. The number of hydrogen-bond donors (Lipinski definition) is 0. The van der Waals surface area contributed by atoms with Gasteiger partial charge in [-0.25, -0.2) is 9.55 Å². The van der Waals surface area contributed by atoms with E-state index in [-0.39, 0.29) is 0 Å². The highest BCUT2D eigenvalue weighted by molar-refractivity contribution is 5.86. The minimum Gasteiger partial charge on any atom is -0.327 e. The molecule has 0 N–H and O–H groups in total. The van der Waals surface area contributed by atoms with Crippen molar-refractivity contribution in [2.45, 2.75) is 6.92 Å². The molecule has 0 saturated carbocycles. The predicted molar refractivity (Wildman–Crippen MR) is 115 cm³/mol. The molecule has 0 amide bonds. The highest BCUT2D eigenvalue weighted by atomic mass is 15.1. The van der Waals surface area contributed by atoms with Crippen LogP contribution in [-0.4, -0.2) is 9.55 Å². The van der Waals surface area contributed by atoms with Crippen LogP contribution in [0.4, 0.5) is 0 Å². The van der Waals surface area contributed by atoms with Gasteiger partial charge in [0, 0.05) is 29.6 Å². The molecule has 0 spiro atoms. The van der Waals surface area contributed by atoms with Crippen molar-refractivity contribution >= 4 is 21.8 Å². The van der Waals surface area contributed by atoms with E-state index in [1.54, 1.807) is 0 Å². The first-order chi connectivity index (χ1) is 13.6. The number of pyridine rings is 1. The van der Waals surface area contributed by atoms with Gasteiger partial charge in [-0.3, -0.25) is 0 Å². The van der Waals surface area contributed by atoms with Crippen molar-refractivity contribution in [3.8, 4) is 22.6 Å². The quantitative estimate of drug-likeness (QED) is 0.395. The molecule has 136 valence electrons. The van der Waals surface area contributed by atoms with Crippen molar-refractivity contribution in [1.29, 1.82) is 0 Å². The average molecular weight is 364 g/mol. The van der Waals surface area contributed by atoms with Crippen molar-refractivity contribution in [3.63, 3.8) is 0 Å². The molecule has 0 saturated heterocycles. The minimum atomic E-state index is 1.00. The van der Waals surface area contributed by atoms with Gasteiger partial charge in [0.1, 0.15) is 12.9 Å². The Morgan fingerprint density at radius 3 is 2.36 bits per heavy atom. The molecular weight excluding hydrogens is 342 g/mol. The Morgan fingerprint density at radius 2 is 1.54 bits per heavy atom. The van der Waals surface area contributed by atoms with E-state index in [1.165, 1.54) is 33.2 Å². The van der Waals surface area contributed by atoms with Crippen LogP contribution in [0, 0.1) is 6.92 Å². The summed E-state index contributed by atoms with van der Waals surface area (Å²) in [6.45, 7) is 2.19. The topological polar surface area (TPSA) is 21.7 Å². The maximum absolute atomic E-state index is 4.91. The largest absolute Gasteiger partial charge is 0.327 e. The van der Waals surface area contributed by atoms with Crippen LogP contribution in [0.5, 0.6) is 0 Å². The van der Waals surface area contributed by atoms with Crippen molar-refractivity contribution in [2.24, 2.45) is 14.1 Å². The van der Waals surface area contributed by atoms with Crippen molar-refractivity contribution in [2.75, 3.05) is 0 Å². The smallest absolute Gasteiger partial charge is 0.213 e. The second kappa shape index (κ2) is 6.31. The second-order valence-electron chi connectivity index (χ2n) is 7.36. The summed E-state index contributed by atoms with van der Waals surface area (Å²) in [5, 5.41) is 2.50. The average Bonchev–Trinajstić information content (AvgIpc) is 3.05. The fraction of sp³-hybridized carbons (Fsp3) is 0.120. The van der Waals surface area contributed by atoms with Gasteiger partial charge >= 0.3 is 0 Å². The van der Waals surface area contributed by atoms with E-state index in [2.05, 4.69) is 103 Å². The summed E-state index contributed by atoms with van der Waals surface area (Å²) in [5.74, 6) is 1.00. The van der Waals surface area contributed by atoms with Gasteiger partial charge in [-0.1, -0.05) is 42.5 Å². The third-order valence-corrected chi connectivity index (χ3v) is 5.64. The third-order valence-electron chi connectivity index (χ3n) is 5.64. The van der Waals surface area contributed by atoms with E-state index >= 15 is 0 Å². The van der Waals surface area contributed by atoms with Gasteiger partial charge in [0.05, 0.1) is 11.0 Å². The van der Waals surface area contributed by atoms with E-state index < -0.39 is 0 Å². The molecule has 3 aromatic carbocycles. The van der Waals surface area contributed by atoms with E-state index in [1.807, 2.05) is 6.07 Å². The number of benzene rings is 3. The zero-order valence-electron chi connectivity index (χ0n) is 16.3. The van der Waals surface area contributed by atoms with Gasteiger partial charge in [0.25, 0.3) is 0 Å². The van der Waals surface area contributed by atoms with Gasteiger partial charge in [0.2, 0.25) is 5.69 Å². The molecule has 0 fully saturated rings. The van der Waals surface area contributed by atoms with Gasteiger partial charge in [-0.15, -0.1) is 0 Å². The van der Waals surface area contributed by atoms with E-state index in [0.717, 1.165) is 16.9 Å². The van der Waals surface area contributed by atoms with E-state index in [0.29, 0.717) is 0 Å². The summed E-state index contributed by atoms with van der Waals surface area (Å²) in [6.07, 6.45) is 2.20. The van der Waals surface area contributed by atoms with E-state index in [4.69, 9.17) is 4.98 Å². The molecule has 5 aromatic rings. The van der Waals surface area contributed by atoms with Crippen LogP contribution >= 0.6 is 0 Å². The van der Waals surface area contributed by atoms with Crippen molar-refractivity contribution in [1.82, 2.24) is 9.55 Å². The second-order valence-corrected chi connectivity index (χ2v) is 7.36. The first kappa shape index (κ1) is 16.7. The number of fused-ring (bicyclic) bond motifs is 2. The van der Waals surface area contributed by atoms with Crippen molar-refractivity contribution < 1.29 is 4.57 Å². The molecule has 0 unspecified atom stereocenters. The normalized spacial score (nSPS) is 11.4. The summed E-state index contributed by atoms with van der Waals surface area (Å²) >= 11 is 0. The minimum absolute atomic E-state index is 1.00. The standard InChI is InChI=1S/C25H22N3/c1-17-20(24-15-18-9-4-5-10-19(18)16-27(24)2)11-8-12-21(17)25-26-22-13-6-7-14-23(22)28(25)3/h4-16H,1-3H3/q+1. The van der Waals surface area contributed by atoms with E-state index in [9.17, 15) is 0 Å². The third kappa shape index (κ3) is 2.51. The molecular formula is C25H22N3+. The van der Waals surface area contributed by atoms with Crippen LogP contribution in [0.3, 0.4) is 0 Å². The fourth-order valence-corrected chi connectivity index (χ4v) is 4.10. The Hall–Kier alpha value is -3.46. The summed E-state index contributed by atoms with van der Waals surface area (Å²) < 4.78 is 4.39. The monoisotopic (exact) mass is 364 g/mol. The Bertz CT molecular complexity index is 1350. The molecule has 0 aliphatic carbocycles. The number of aryl methyl sites for hydroxylation is 2. The first-order valence-corrected chi connectivity index (χ1v) is 9.54. The molecule has 0 aliphatic rings. The molecule has 0 bridgehead atoms. The molecule has 2 aromatic heterocycles. The van der Waals surface area contributed by atoms with Crippen molar-refractivity contribution in [3.05, 3.63) is 84.6 Å².